The number of nitrogens with zero attached hydrogens (tertiary/aromatic N) is 1. The van der Waals surface area contributed by atoms with Gasteiger partial charge in [-0.15, -0.1) is 0 Å². The molecular formula is C16H19FN2O. The number of anilines is 1. The van der Waals surface area contributed by atoms with E-state index < -0.39 is 0 Å². The minimum absolute atomic E-state index is 0.211. The molecule has 0 radical (unpaired) electrons. The monoisotopic (exact) mass is 274 g/mol. The van der Waals surface area contributed by atoms with Gasteiger partial charge >= 0.3 is 0 Å². The molecular weight excluding hydrogens is 255 g/mol. The molecule has 0 amide bonds. The SMILES string of the molecule is CN(Cc1ccc(CNC2CC2)o1)c1ccccc1F. The summed E-state index contributed by atoms with van der Waals surface area (Å²) >= 11 is 0. The van der Waals surface area contributed by atoms with E-state index in [2.05, 4.69) is 5.32 Å². The Morgan fingerprint density at radius 3 is 2.70 bits per heavy atom. The molecule has 1 aromatic heterocycles. The second kappa shape index (κ2) is 5.67. The Hall–Kier alpha value is -1.81. The van der Waals surface area contributed by atoms with Gasteiger partial charge in [-0.25, -0.2) is 4.39 Å². The number of nitrogens with one attached hydrogen (secondary N) is 1. The van der Waals surface area contributed by atoms with Crippen LogP contribution in [0.15, 0.2) is 40.8 Å². The fourth-order valence-corrected chi connectivity index (χ4v) is 2.21. The number of furan rings is 1. The van der Waals surface area contributed by atoms with Crippen LogP contribution in [0.5, 0.6) is 0 Å². The van der Waals surface area contributed by atoms with Gasteiger partial charge in [0.2, 0.25) is 0 Å². The summed E-state index contributed by atoms with van der Waals surface area (Å²) in [5.41, 5.74) is 0.585. The van der Waals surface area contributed by atoms with Crippen LogP contribution in [0.4, 0.5) is 10.1 Å². The lowest BCUT2D eigenvalue weighted by Gasteiger charge is -2.18. The fraction of sp³-hybridized carbons (Fsp3) is 0.375. The molecule has 1 aliphatic carbocycles. The highest BCUT2D eigenvalue weighted by atomic mass is 19.1. The molecule has 3 nitrogen and oxygen atoms in total. The van der Waals surface area contributed by atoms with E-state index in [1.54, 1.807) is 12.1 Å². The number of halogens is 1. The van der Waals surface area contributed by atoms with Crippen molar-refractivity contribution >= 4 is 5.69 Å². The maximum Gasteiger partial charge on any atom is 0.146 e. The molecule has 2 aromatic rings. The van der Waals surface area contributed by atoms with Crippen LogP contribution in [0.1, 0.15) is 24.4 Å². The van der Waals surface area contributed by atoms with Crippen LogP contribution in [0.25, 0.3) is 0 Å². The Morgan fingerprint density at radius 2 is 1.95 bits per heavy atom. The third-order valence-electron chi connectivity index (χ3n) is 3.52. The van der Waals surface area contributed by atoms with Gasteiger partial charge in [0, 0.05) is 13.1 Å². The van der Waals surface area contributed by atoms with E-state index in [-0.39, 0.29) is 5.82 Å². The highest BCUT2D eigenvalue weighted by molar-refractivity contribution is 5.46. The van der Waals surface area contributed by atoms with Crippen LogP contribution in [-0.4, -0.2) is 13.1 Å². The van der Waals surface area contributed by atoms with Crippen molar-refractivity contribution in [2.75, 3.05) is 11.9 Å². The van der Waals surface area contributed by atoms with Crippen molar-refractivity contribution in [3.8, 4) is 0 Å². The first-order valence-corrected chi connectivity index (χ1v) is 6.99. The van der Waals surface area contributed by atoms with Crippen molar-refractivity contribution < 1.29 is 8.81 Å². The summed E-state index contributed by atoms with van der Waals surface area (Å²) in [5.74, 6) is 1.58. The van der Waals surface area contributed by atoms with Crippen molar-refractivity contribution in [2.45, 2.75) is 32.0 Å². The van der Waals surface area contributed by atoms with Crippen LogP contribution >= 0.6 is 0 Å². The standard InChI is InChI=1S/C16H19FN2O/c1-19(16-5-3-2-4-15(16)17)11-14-9-8-13(20-14)10-18-12-6-7-12/h2-5,8-9,12,18H,6-7,10-11H2,1H3. The van der Waals surface area contributed by atoms with Crippen LogP contribution in [0, 0.1) is 5.82 Å². The lowest BCUT2D eigenvalue weighted by atomic mass is 10.2. The molecule has 0 atom stereocenters. The molecule has 0 saturated heterocycles. The Bertz CT molecular complexity index is 577. The van der Waals surface area contributed by atoms with Gasteiger partial charge in [0.1, 0.15) is 17.3 Å². The predicted molar refractivity (Wildman–Crippen MR) is 77.1 cm³/mol. The first-order chi connectivity index (χ1) is 9.72. The highest BCUT2D eigenvalue weighted by Gasteiger charge is 2.20. The number of benzene rings is 1. The van der Waals surface area contributed by atoms with E-state index >= 15 is 0 Å². The van der Waals surface area contributed by atoms with Gasteiger partial charge in [0.15, 0.2) is 0 Å². The number of para-hydroxylation sites is 1. The van der Waals surface area contributed by atoms with E-state index in [4.69, 9.17) is 4.42 Å². The molecule has 1 aromatic carbocycles. The third kappa shape index (κ3) is 3.20. The van der Waals surface area contributed by atoms with Gasteiger partial charge in [-0.05, 0) is 37.1 Å². The molecule has 1 heterocycles. The zero-order valence-electron chi connectivity index (χ0n) is 11.6. The van der Waals surface area contributed by atoms with Gasteiger partial charge < -0.3 is 14.6 Å². The molecule has 106 valence electrons. The normalized spacial score (nSPS) is 14.5. The molecule has 20 heavy (non-hydrogen) atoms. The predicted octanol–water partition coefficient (Wildman–Crippen LogP) is 3.31. The molecule has 0 unspecified atom stereocenters. The molecule has 0 bridgehead atoms. The molecule has 1 saturated carbocycles. The molecule has 1 fully saturated rings. The van der Waals surface area contributed by atoms with Crippen molar-refractivity contribution in [1.82, 2.24) is 5.32 Å². The third-order valence-corrected chi connectivity index (χ3v) is 3.52. The molecule has 3 rings (SSSR count). The summed E-state index contributed by atoms with van der Waals surface area (Å²) in [4.78, 5) is 1.85. The minimum atomic E-state index is -0.211. The summed E-state index contributed by atoms with van der Waals surface area (Å²) < 4.78 is 19.4. The van der Waals surface area contributed by atoms with Gasteiger partial charge in [-0.1, -0.05) is 12.1 Å². The van der Waals surface area contributed by atoms with Crippen LogP contribution in [0.2, 0.25) is 0 Å². The first kappa shape index (κ1) is 13.2. The van der Waals surface area contributed by atoms with Gasteiger partial charge in [-0.2, -0.15) is 0 Å². The summed E-state index contributed by atoms with van der Waals surface area (Å²) in [6.45, 7) is 1.33. The second-order valence-electron chi connectivity index (χ2n) is 5.33. The number of rotatable bonds is 6. The lowest BCUT2D eigenvalue weighted by molar-refractivity contribution is 0.444. The Kier molecular flexibility index (Phi) is 3.74. The zero-order chi connectivity index (χ0) is 13.9. The summed E-state index contributed by atoms with van der Waals surface area (Å²) in [5, 5.41) is 3.41. The van der Waals surface area contributed by atoms with E-state index in [0.29, 0.717) is 18.3 Å². The largest absolute Gasteiger partial charge is 0.463 e. The van der Waals surface area contributed by atoms with E-state index in [0.717, 1.165) is 18.1 Å². The van der Waals surface area contributed by atoms with Gasteiger partial charge in [0.05, 0.1) is 18.8 Å². The molecule has 1 aliphatic rings. The maximum atomic E-state index is 13.7. The zero-order valence-corrected chi connectivity index (χ0v) is 11.6. The van der Waals surface area contributed by atoms with Gasteiger partial charge in [0.25, 0.3) is 0 Å². The molecule has 0 spiro atoms. The number of hydrogen-bond donors (Lipinski definition) is 1. The Labute approximate surface area is 118 Å². The van der Waals surface area contributed by atoms with Crippen molar-refractivity contribution in [1.29, 1.82) is 0 Å². The average molecular weight is 274 g/mol. The summed E-state index contributed by atoms with van der Waals surface area (Å²) in [6, 6.07) is 11.4. The van der Waals surface area contributed by atoms with E-state index in [1.807, 2.05) is 30.1 Å². The Morgan fingerprint density at radius 1 is 1.20 bits per heavy atom. The van der Waals surface area contributed by atoms with Crippen molar-refractivity contribution in [3.05, 3.63) is 53.7 Å². The quantitative estimate of drug-likeness (QED) is 0.876. The minimum Gasteiger partial charge on any atom is -0.463 e. The van der Waals surface area contributed by atoms with Crippen LogP contribution in [0.3, 0.4) is 0 Å². The highest BCUT2D eigenvalue weighted by Crippen LogP contribution is 2.21. The van der Waals surface area contributed by atoms with Gasteiger partial charge in [-0.3, -0.25) is 0 Å². The van der Waals surface area contributed by atoms with Crippen LogP contribution in [-0.2, 0) is 13.1 Å². The summed E-state index contributed by atoms with van der Waals surface area (Å²) in [7, 11) is 1.86. The maximum absolute atomic E-state index is 13.7. The lowest BCUT2D eigenvalue weighted by Crippen LogP contribution is -2.17. The van der Waals surface area contributed by atoms with E-state index in [1.165, 1.54) is 18.9 Å². The van der Waals surface area contributed by atoms with E-state index in [9.17, 15) is 4.39 Å². The Balaban J connectivity index is 1.60. The number of hydrogen-bond acceptors (Lipinski definition) is 3. The average Bonchev–Trinajstić information content (AvgIpc) is 3.17. The smallest absolute Gasteiger partial charge is 0.146 e. The first-order valence-electron chi connectivity index (χ1n) is 6.99. The molecule has 1 N–H and O–H groups in total. The fourth-order valence-electron chi connectivity index (χ4n) is 2.21. The molecule has 0 aliphatic heterocycles. The topological polar surface area (TPSA) is 28.4 Å². The van der Waals surface area contributed by atoms with Crippen molar-refractivity contribution in [3.63, 3.8) is 0 Å². The summed E-state index contributed by atoms with van der Waals surface area (Å²) in [6.07, 6.45) is 2.53. The molecule has 4 heteroatoms. The van der Waals surface area contributed by atoms with Crippen molar-refractivity contribution in [2.24, 2.45) is 0 Å². The van der Waals surface area contributed by atoms with Crippen LogP contribution < -0.4 is 10.2 Å². The second-order valence-corrected chi connectivity index (χ2v) is 5.33.